The van der Waals surface area contributed by atoms with Gasteiger partial charge >= 0.3 is 0 Å². The molecule has 156 valence electrons. The number of methoxy groups -OCH3 is 1. The van der Waals surface area contributed by atoms with Crippen LogP contribution in [0.4, 0.5) is 15.8 Å². The minimum absolute atomic E-state index is 0.0346. The predicted octanol–water partition coefficient (Wildman–Crippen LogP) is 3.65. The topological polar surface area (TPSA) is 93.7 Å². The van der Waals surface area contributed by atoms with Crippen molar-refractivity contribution in [3.05, 3.63) is 78.6 Å². The van der Waals surface area contributed by atoms with Crippen LogP contribution in [-0.2, 0) is 14.8 Å². The standard InChI is InChI=1S/C21H19FN2O5S/c1-28-18-9-5-17(6-10-18)24-30(26,27)20-11-7-16(8-12-20)23-21(25)14-29-19-4-2-3-15(22)13-19/h2-13,24H,14H2,1H3,(H,23,25). The van der Waals surface area contributed by atoms with Gasteiger partial charge in [-0.3, -0.25) is 9.52 Å². The third kappa shape index (κ3) is 5.71. The van der Waals surface area contributed by atoms with Gasteiger partial charge in [0.2, 0.25) is 0 Å². The number of rotatable bonds is 8. The van der Waals surface area contributed by atoms with Crippen molar-refractivity contribution < 1.29 is 27.1 Å². The van der Waals surface area contributed by atoms with Crippen LogP contribution in [0.3, 0.4) is 0 Å². The number of ether oxygens (including phenoxy) is 2. The Bertz CT molecular complexity index is 1120. The summed E-state index contributed by atoms with van der Waals surface area (Å²) < 4.78 is 50.8. The lowest BCUT2D eigenvalue weighted by Gasteiger charge is -2.10. The molecule has 1 amide bonds. The predicted molar refractivity (Wildman–Crippen MR) is 111 cm³/mol. The van der Waals surface area contributed by atoms with Gasteiger partial charge in [0.25, 0.3) is 15.9 Å². The van der Waals surface area contributed by atoms with E-state index >= 15 is 0 Å². The van der Waals surface area contributed by atoms with Crippen molar-refractivity contribution in [2.75, 3.05) is 23.8 Å². The second kappa shape index (κ2) is 9.27. The number of sulfonamides is 1. The minimum Gasteiger partial charge on any atom is -0.497 e. The molecule has 3 rings (SSSR count). The first-order chi connectivity index (χ1) is 14.4. The summed E-state index contributed by atoms with van der Waals surface area (Å²) in [5.74, 6) is -0.0881. The van der Waals surface area contributed by atoms with Crippen LogP contribution in [0.15, 0.2) is 77.7 Å². The molecule has 0 saturated heterocycles. The molecule has 0 unspecified atom stereocenters. The van der Waals surface area contributed by atoms with E-state index in [0.717, 1.165) is 0 Å². The number of anilines is 2. The molecule has 0 aliphatic heterocycles. The molecular weight excluding hydrogens is 411 g/mol. The molecule has 0 radical (unpaired) electrons. The number of halogens is 1. The molecule has 0 fully saturated rings. The maximum Gasteiger partial charge on any atom is 0.262 e. The summed E-state index contributed by atoms with van der Waals surface area (Å²) in [6.07, 6.45) is 0. The molecule has 0 heterocycles. The summed E-state index contributed by atoms with van der Waals surface area (Å²) >= 11 is 0. The highest BCUT2D eigenvalue weighted by Gasteiger charge is 2.14. The molecular formula is C21H19FN2O5S. The van der Waals surface area contributed by atoms with Gasteiger partial charge < -0.3 is 14.8 Å². The van der Waals surface area contributed by atoms with Crippen LogP contribution in [0.5, 0.6) is 11.5 Å². The van der Waals surface area contributed by atoms with E-state index in [4.69, 9.17) is 9.47 Å². The highest BCUT2D eigenvalue weighted by Crippen LogP contribution is 2.20. The van der Waals surface area contributed by atoms with Crippen LogP contribution in [0.1, 0.15) is 0 Å². The first-order valence-corrected chi connectivity index (χ1v) is 10.3. The minimum atomic E-state index is -3.79. The highest BCUT2D eigenvalue weighted by molar-refractivity contribution is 7.92. The second-order valence-electron chi connectivity index (χ2n) is 6.15. The first-order valence-electron chi connectivity index (χ1n) is 8.81. The van der Waals surface area contributed by atoms with Gasteiger partial charge in [0.15, 0.2) is 6.61 Å². The van der Waals surface area contributed by atoms with Crippen molar-refractivity contribution in [3.63, 3.8) is 0 Å². The summed E-state index contributed by atoms with van der Waals surface area (Å²) in [5, 5.41) is 2.58. The van der Waals surface area contributed by atoms with E-state index in [0.29, 0.717) is 17.1 Å². The Balaban J connectivity index is 1.58. The van der Waals surface area contributed by atoms with Crippen molar-refractivity contribution in [3.8, 4) is 11.5 Å². The fourth-order valence-electron chi connectivity index (χ4n) is 2.49. The Morgan fingerprint density at radius 1 is 0.933 bits per heavy atom. The van der Waals surface area contributed by atoms with E-state index in [2.05, 4.69) is 10.0 Å². The third-order valence-electron chi connectivity index (χ3n) is 3.96. The Morgan fingerprint density at radius 2 is 1.60 bits per heavy atom. The molecule has 0 aliphatic rings. The number of hydrogen-bond acceptors (Lipinski definition) is 5. The largest absolute Gasteiger partial charge is 0.497 e. The van der Waals surface area contributed by atoms with Crippen LogP contribution < -0.4 is 19.5 Å². The van der Waals surface area contributed by atoms with E-state index in [9.17, 15) is 17.6 Å². The van der Waals surface area contributed by atoms with E-state index in [-0.39, 0.29) is 17.3 Å². The molecule has 0 spiro atoms. The molecule has 9 heteroatoms. The second-order valence-corrected chi connectivity index (χ2v) is 7.84. The number of carbonyl (C=O) groups is 1. The van der Waals surface area contributed by atoms with Crippen molar-refractivity contribution in [1.82, 2.24) is 0 Å². The quantitative estimate of drug-likeness (QED) is 0.569. The zero-order valence-corrected chi connectivity index (χ0v) is 16.8. The first kappa shape index (κ1) is 21.1. The maximum atomic E-state index is 13.1. The van der Waals surface area contributed by atoms with E-state index < -0.39 is 21.7 Å². The molecule has 3 aromatic carbocycles. The van der Waals surface area contributed by atoms with Crippen LogP contribution in [0, 0.1) is 5.82 Å². The number of amides is 1. The molecule has 0 atom stereocenters. The summed E-state index contributed by atoms with van der Waals surface area (Å²) in [6, 6.07) is 17.6. The average Bonchev–Trinajstić information content (AvgIpc) is 2.73. The number of carbonyl (C=O) groups excluding carboxylic acids is 1. The van der Waals surface area contributed by atoms with Gasteiger partial charge in [-0.15, -0.1) is 0 Å². The van der Waals surface area contributed by atoms with Gasteiger partial charge in [0.05, 0.1) is 12.0 Å². The van der Waals surface area contributed by atoms with Gasteiger partial charge in [-0.1, -0.05) is 6.07 Å². The highest BCUT2D eigenvalue weighted by atomic mass is 32.2. The lowest BCUT2D eigenvalue weighted by atomic mass is 10.3. The lowest BCUT2D eigenvalue weighted by Crippen LogP contribution is -2.20. The summed E-state index contributed by atoms with van der Waals surface area (Å²) in [5.41, 5.74) is 0.786. The Kier molecular flexibility index (Phi) is 6.53. The average molecular weight is 430 g/mol. The maximum absolute atomic E-state index is 13.1. The van der Waals surface area contributed by atoms with Gasteiger partial charge in [-0.25, -0.2) is 12.8 Å². The molecule has 7 nitrogen and oxygen atoms in total. The van der Waals surface area contributed by atoms with Gasteiger partial charge in [0, 0.05) is 17.4 Å². The van der Waals surface area contributed by atoms with E-state index in [1.807, 2.05) is 0 Å². The molecule has 0 bridgehead atoms. The number of hydrogen-bond donors (Lipinski definition) is 2. The Morgan fingerprint density at radius 3 is 2.23 bits per heavy atom. The van der Waals surface area contributed by atoms with Crippen LogP contribution in [0.2, 0.25) is 0 Å². The Labute approximate surface area is 173 Å². The monoisotopic (exact) mass is 430 g/mol. The third-order valence-corrected chi connectivity index (χ3v) is 5.35. The van der Waals surface area contributed by atoms with Gasteiger partial charge in [-0.2, -0.15) is 0 Å². The number of nitrogens with one attached hydrogen (secondary N) is 2. The van der Waals surface area contributed by atoms with Crippen LogP contribution in [0.25, 0.3) is 0 Å². The summed E-state index contributed by atoms with van der Waals surface area (Å²) in [7, 11) is -2.27. The van der Waals surface area contributed by atoms with E-state index in [1.54, 1.807) is 24.3 Å². The van der Waals surface area contributed by atoms with Gasteiger partial charge in [0.1, 0.15) is 17.3 Å². The molecule has 0 saturated carbocycles. The fourth-order valence-corrected chi connectivity index (χ4v) is 3.55. The lowest BCUT2D eigenvalue weighted by molar-refractivity contribution is -0.118. The van der Waals surface area contributed by atoms with E-state index in [1.165, 1.54) is 55.6 Å². The molecule has 3 aromatic rings. The normalized spacial score (nSPS) is 10.9. The summed E-state index contributed by atoms with van der Waals surface area (Å²) in [6.45, 7) is -0.317. The Hall–Kier alpha value is -3.59. The van der Waals surface area contributed by atoms with Crippen LogP contribution >= 0.6 is 0 Å². The molecule has 2 N–H and O–H groups in total. The van der Waals surface area contributed by atoms with Crippen molar-refractivity contribution >= 4 is 27.3 Å². The zero-order chi connectivity index (χ0) is 21.6. The molecule has 30 heavy (non-hydrogen) atoms. The fraction of sp³-hybridized carbons (Fsp3) is 0.0952. The van der Waals surface area contributed by atoms with Crippen LogP contribution in [-0.4, -0.2) is 28.0 Å². The molecule has 0 aliphatic carbocycles. The SMILES string of the molecule is COc1ccc(NS(=O)(=O)c2ccc(NC(=O)COc3cccc(F)c3)cc2)cc1. The zero-order valence-electron chi connectivity index (χ0n) is 16.0. The smallest absolute Gasteiger partial charge is 0.262 e. The van der Waals surface area contributed by atoms with Crippen molar-refractivity contribution in [2.24, 2.45) is 0 Å². The van der Waals surface area contributed by atoms with Crippen molar-refractivity contribution in [1.29, 1.82) is 0 Å². The van der Waals surface area contributed by atoms with Gasteiger partial charge in [-0.05, 0) is 60.7 Å². The number of benzene rings is 3. The van der Waals surface area contributed by atoms with Crippen molar-refractivity contribution in [2.45, 2.75) is 4.90 Å². The molecule has 0 aromatic heterocycles. The summed E-state index contributed by atoms with van der Waals surface area (Å²) in [4.78, 5) is 12.0.